The van der Waals surface area contributed by atoms with Crippen molar-refractivity contribution in [3.05, 3.63) is 35.9 Å². The summed E-state index contributed by atoms with van der Waals surface area (Å²) in [6.45, 7) is 1.10. The zero-order chi connectivity index (χ0) is 16.3. The first-order chi connectivity index (χ1) is 11.1. The molecule has 1 atom stereocenters. The first-order valence-corrected chi connectivity index (χ1v) is 10.3. The minimum atomic E-state index is -3.15. The molecule has 1 N–H and O–H groups in total. The first-order valence-electron chi connectivity index (χ1n) is 8.81. The average molecular weight is 337 g/mol. The van der Waals surface area contributed by atoms with Crippen molar-refractivity contribution in [2.24, 2.45) is 5.92 Å². The van der Waals surface area contributed by atoms with E-state index in [1.54, 1.807) is 4.31 Å². The number of aliphatic hydroxyl groups is 1. The summed E-state index contributed by atoms with van der Waals surface area (Å²) in [5.41, 5.74) is 0.932. The van der Waals surface area contributed by atoms with E-state index in [9.17, 15) is 13.5 Å². The van der Waals surface area contributed by atoms with Crippen LogP contribution in [0.1, 0.15) is 56.6 Å². The highest BCUT2D eigenvalue weighted by atomic mass is 32.2. The van der Waals surface area contributed by atoms with Crippen molar-refractivity contribution in [3.8, 4) is 0 Å². The molecule has 128 valence electrons. The third kappa shape index (κ3) is 3.78. The van der Waals surface area contributed by atoms with E-state index < -0.39 is 16.1 Å². The summed E-state index contributed by atoms with van der Waals surface area (Å²) in [7, 11) is -3.15. The normalized spacial score (nSPS) is 23.7. The molecule has 1 aromatic rings. The fourth-order valence-electron chi connectivity index (χ4n) is 3.94. The van der Waals surface area contributed by atoms with Gasteiger partial charge in [0.15, 0.2) is 0 Å². The maximum Gasteiger partial charge on any atom is 0.216 e. The van der Waals surface area contributed by atoms with Crippen molar-refractivity contribution >= 4 is 10.0 Å². The summed E-state index contributed by atoms with van der Waals surface area (Å²) < 4.78 is 27.2. The molecule has 0 spiro atoms. The molecule has 2 fully saturated rings. The van der Waals surface area contributed by atoms with Gasteiger partial charge in [-0.3, -0.25) is 0 Å². The highest BCUT2D eigenvalue weighted by Crippen LogP contribution is 2.33. The van der Waals surface area contributed by atoms with Gasteiger partial charge in [-0.1, -0.05) is 49.6 Å². The van der Waals surface area contributed by atoms with E-state index in [1.165, 1.54) is 0 Å². The molecular weight excluding hydrogens is 310 g/mol. The Bertz CT molecular complexity index is 588. The Hall–Kier alpha value is -0.910. The Morgan fingerprint density at radius 2 is 1.57 bits per heavy atom. The molecule has 1 aromatic carbocycles. The van der Waals surface area contributed by atoms with Crippen LogP contribution in [0.15, 0.2) is 30.3 Å². The lowest BCUT2D eigenvalue weighted by atomic mass is 9.88. The topological polar surface area (TPSA) is 57.6 Å². The molecule has 1 heterocycles. The second-order valence-corrected chi connectivity index (χ2v) is 9.11. The molecule has 1 aliphatic carbocycles. The number of sulfonamides is 1. The van der Waals surface area contributed by atoms with Crippen LogP contribution in [0, 0.1) is 5.92 Å². The van der Waals surface area contributed by atoms with E-state index in [1.807, 2.05) is 30.3 Å². The van der Waals surface area contributed by atoms with Crippen LogP contribution in [0.5, 0.6) is 0 Å². The van der Waals surface area contributed by atoms with Gasteiger partial charge < -0.3 is 5.11 Å². The van der Waals surface area contributed by atoms with Gasteiger partial charge in [-0.05, 0) is 37.2 Å². The van der Waals surface area contributed by atoms with Gasteiger partial charge in [-0.25, -0.2) is 12.7 Å². The van der Waals surface area contributed by atoms with Gasteiger partial charge >= 0.3 is 0 Å². The minimum absolute atomic E-state index is 0.148. The molecule has 0 radical (unpaired) electrons. The number of piperidine rings is 1. The second kappa shape index (κ2) is 7.32. The smallest absolute Gasteiger partial charge is 0.216 e. The molecule has 0 aromatic heterocycles. The Morgan fingerprint density at radius 1 is 0.957 bits per heavy atom. The van der Waals surface area contributed by atoms with E-state index in [2.05, 4.69) is 0 Å². The van der Waals surface area contributed by atoms with Crippen molar-refractivity contribution in [3.63, 3.8) is 0 Å². The monoisotopic (exact) mass is 337 g/mol. The standard InChI is InChI=1S/C18H27NO3S/c20-18(15-7-3-1-4-8-15)16-11-13-19(14-12-16)23(21,22)17-9-5-2-6-10-17/h1,3-4,7-8,16-18,20H,2,5-6,9-14H2/t18-/m1/s1. The van der Waals surface area contributed by atoms with Gasteiger partial charge in [0.25, 0.3) is 0 Å². The molecule has 0 bridgehead atoms. The van der Waals surface area contributed by atoms with Crippen LogP contribution in [0.2, 0.25) is 0 Å². The molecule has 1 saturated heterocycles. The Kier molecular flexibility index (Phi) is 5.39. The second-order valence-electron chi connectivity index (χ2n) is 6.90. The number of aliphatic hydroxyl groups excluding tert-OH is 1. The maximum absolute atomic E-state index is 12.8. The van der Waals surface area contributed by atoms with Gasteiger partial charge in [0.2, 0.25) is 10.0 Å². The van der Waals surface area contributed by atoms with Gasteiger partial charge in [0.05, 0.1) is 11.4 Å². The molecule has 0 unspecified atom stereocenters. The molecule has 0 amide bonds. The average Bonchev–Trinajstić information content (AvgIpc) is 2.63. The zero-order valence-electron chi connectivity index (χ0n) is 13.6. The van der Waals surface area contributed by atoms with Gasteiger partial charge in [0, 0.05) is 13.1 Å². The van der Waals surface area contributed by atoms with Gasteiger partial charge in [-0.15, -0.1) is 0 Å². The van der Waals surface area contributed by atoms with E-state index in [-0.39, 0.29) is 11.2 Å². The van der Waals surface area contributed by atoms with Crippen LogP contribution < -0.4 is 0 Å². The molecular formula is C18H27NO3S. The molecule has 4 nitrogen and oxygen atoms in total. The number of hydrogen-bond donors (Lipinski definition) is 1. The number of hydrogen-bond acceptors (Lipinski definition) is 3. The van der Waals surface area contributed by atoms with E-state index in [0.29, 0.717) is 13.1 Å². The summed E-state index contributed by atoms with van der Waals surface area (Å²) in [4.78, 5) is 0. The molecule has 1 aliphatic heterocycles. The molecule has 2 aliphatic rings. The predicted molar refractivity (Wildman–Crippen MR) is 91.5 cm³/mol. The summed E-state index contributed by atoms with van der Waals surface area (Å²) in [5, 5.41) is 10.3. The fourth-order valence-corrected chi connectivity index (χ4v) is 6.01. The molecule has 5 heteroatoms. The van der Waals surface area contributed by atoms with Crippen LogP contribution >= 0.6 is 0 Å². The van der Waals surface area contributed by atoms with Crippen LogP contribution in [0.4, 0.5) is 0 Å². The lowest BCUT2D eigenvalue weighted by Crippen LogP contribution is -2.44. The number of benzene rings is 1. The third-order valence-electron chi connectivity index (χ3n) is 5.42. The maximum atomic E-state index is 12.8. The van der Waals surface area contributed by atoms with Gasteiger partial charge in [0.1, 0.15) is 0 Å². The fraction of sp³-hybridized carbons (Fsp3) is 0.667. The third-order valence-corrected chi connectivity index (χ3v) is 7.82. The summed E-state index contributed by atoms with van der Waals surface area (Å²) in [6.07, 6.45) is 5.85. The van der Waals surface area contributed by atoms with Crippen LogP contribution in [-0.4, -0.2) is 36.2 Å². The Labute approximate surface area is 139 Å². The lowest BCUT2D eigenvalue weighted by molar-refractivity contribution is 0.0758. The SMILES string of the molecule is O=S(=O)(C1CCCCC1)N1CCC([C@H](O)c2ccccc2)CC1. The Morgan fingerprint density at radius 3 is 2.17 bits per heavy atom. The number of rotatable bonds is 4. The number of nitrogens with zero attached hydrogens (tertiary/aromatic N) is 1. The van der Waals surface area contributed by atoms with E-state index >= 15 is 0 Å². The summed E-state index contributed by atoms with van der Waals surface area (Å²) >= 11 is 0. The van der Waals surface area contributed by atoms with Crippen molar-refractivity contribution < 1.29 is 13.5 Å². The van der Waals surface area contributed by atoms with E-state index in [4.69, 9.17) is 0 Å². The van der Waals surface area contributed by atoms with E-state index in [0.717, 1.165) is 50.5 Å². The first kappa shape index (κ1) is 16.9. The van der Waals surface area contributed by atoms with Crippen LogP contribution in [0.3, 0.4) is 0 Å². The van der Waals surface area contributed by atoms with Crippen molar-refractivity contribution in [1.82, 2.24) is 4.31 Å². The van der Waals surface area contributed by atoms with Crippen LogP contribution in [-0.2, 0) is 10.0 Å². The van der Waals surface area contributed by atoms with Gasteiger partial charge in [-0.2, -0.15) is 0 Å². The lowest BCUT2D eigenvalue weighted by Gasteiger charge is -2.36. The minimum Gasteiger partial charge on any atom is -0.388 e. The van der Waals surface area contributed by atoms with Crippen LogP contribution in [0.25, 0.3) is 0 Å². The van der Waals surface area contributed by atoms with Crippen molar-refractivity contribution in [2.75, 3.05) is 13.1 Å². The summed E-state index contributed by atoms with van der Waals surface area (Å²) in [5.74, 6) is 0.148. The molecule has 23 heavy (non-hydrogen) atoms. The molecule has 3 rings (SSSR count). The highest BCUT2D eigenvalue weighted by Gasteiger charge is 2.36. The highest BCUT2D eigenvalue weighted by molar-refractivity contribution is 7.89. The summed E-state index contributed by atoms with van der Waals surface area (Å²) in [6, 6.07) is 9.68. The van der Waals surface area contributed by atoms with Crippen molar-refractivity contribution in [1.29, 1.82) is 0 Å². The Balaban J connectivity index is 1.59. The predicted octanol–water partition coefficient (Wildman–Crippen LogP) is 3.09. The largest absolute Gasteiger partial charge is 0.388 e. The zero-order valence-corrected chi connectivity index (χ0v) is 14.4. The quantitative estimate of drug-likeness (QED) is 0.918. The molecule has 1 saturated carbocycles. The van der Waals surface area contributed by atoms with Crippen molar-refractivity contribution in [2.45, 2.75) is 56.3 Å².